The summed E-state index contributed by atoms with van der Waals surface area (Å²) in [5.41, 5.74) is 2.83. The van der Waals surface area contributed by atoms with Gasteiger partial charge in [0.25, 0.3) is 5.91 Å². The van der Waals surface area contributed by atoms with Gasteiger partial charge < -0.3 is 4.57 Å². The molecule has 26 heavy (non-hydrogen) atoms. The molecule has 0 unspecified atom stereocenters. The van der Waals surface area contributed by atoms with Gasteiger partial charge in [-0.05, 0) is 37.1 Å². The van der Waals surface area contributed by atoms with E-state index in [9.17, 15) is 4.79 Å². The Hall–Kier alpha value is -2.17. The highest BCUT2D eigenvalue weighted by molar-refractivity contribution is 7.09. The minimum absolute atomic E-state index is 0.265. The van der Waals surface area contributed by atoms with Gasteiger partial charge in [-0.1, -0.05) is 61.3 Å². The molecule has 1 heterocycles. The molecule has 3 rings (SSSR count). The zero-order valence-electron chi connectivity index (χ0n) is 14.9. The first-order valence-electron chi connectivity index (χ1n) is 8.76. The van der Waals surface area contributed by atoms with Crippen molar-refractivity contribution in [2.75, 3.05) is 0 Å². The Balaban J connectivity index is 2.14. The van der Waals surface area contributed by atoms with Crippen LogP contribution in [-0.2, 0) is 13.0 Å². The van der Waals surface area contributed by atoms with Crippen molar-refractivity contribution in [1.82, 2.24) is 4.57 Å². The van der Waals surface area contributed by atoms with E-state index >= 15 is 0 Å². The molecule has 134 valence electrons. The van der Waals surface area contributed by atoms with Crippen molar-refractivity contribution in [3.05, 3.63) is 74.9 Å². The van der Waals surface area contributed by atoms with E-state index in [0.29, 0.717) is 10.6 Å². The fourth-order valence-corrected chi connectivity index (χ4v) is 4.42. The maximum Gasteiger partial charge on any atom is 0.279 e. The predicted molar refractivity (Wildman–Crippen MR) is 109 cm³/mol. The molecular formula is C21H21ClN2OS. The molecule has 0 aliphatic carbocycles. The second-order valence-electron chi connectivity index (χ2n) is 5.94. The number of carbonyl (C=O) groups excluding carboxylic acids is 1. The van der Waals surface area contributed by atoms with E-state index in [4.69, 9.17) is 11.6 Å². The molecule has 0 radical (unpaired) electrons. The highest BCUT2D eigenvalue weighted by Gasteiger charge is 2.15. The summed E-state index contributed by atoms with van der Waals surface area (Å²) >= 11 is 7.60. The largest absolute Gasteiger partial charge is 0.316 e. The van der Waals surface area contributed by atoms with E-state index in [1.54, 1.807) is 35.6 Å². The SMILES string of the molecule is CCCc1sc(=NC(=O)c2cccc(Cl)c2)n(CC)c1-c1ccccc1. The molecule has 0 saturated carbocycles. The number of thiazole rings is 1. The van der Waals surface area contributed by atoms with Crippen molar-refractivity contribution < 1.29 is 4.79 Å². The first-order valence-corrected chi connectivity index (χ1v) is 9.96. The molecule has 0 atom stereocenters. The number of hydrogen-bond donors (Lipinski definition) is 0. The fraction of sp³-hybridized carbons (Fsp3) is 0.238. The van der Waals surface area contributed by atoms with Gasteiger partial charge in [-0.2, -0.15) is 4.99 Å². The van der Waals surface area contributed by atoms with Crippen molar-refractivity contribution in [3.63, 3.8) is 0 Å². The quantitative estimate of drug-likeness (QED) is 0.565. The number of carbonyl (C=O) groups is 1. The number of benzene rings is 2. The van der Waals surface area contributed by atoms with E-state index in [1.165, 1.54) is 4.88 Å². The minimum Gasteiger partial charge on any atom is -0.316 e. The smallest absolute Gasteiger partial charge is 0.279 e. The number of aryl methyl sites for hydroxylation is 1. The van der Waals surface area contributed by atoms with Gasteiger partial charge in [0.1, 0.15) is 0 Å². The van der Waals surface area contributed by atoms with Crippen molar-refractivity contribution in [3.8, 4) is 11.3 Å². The van der Waals surface area contributed by atoms with Crippen LogP contribution < -0.4 is 4.80 Å². The number of nitrogens with zero attached hydrogens (tertiary/aromatic N) is 2. The summed E-state index contributed by atoms with van der Waals surface area (Å²) in [6, 6.07) is 17.2. The molecule has 1 amide bonds. The Kier molecular flexibility index (Phi) is 6.07. The minimum atomic E-state index is -0.265. The zero-order chi connectivity index (χ0) is 18.5. The number of amides is 1. The van der Waals surface area contributed by atoms with Gasteiger partial charge in [-0.15, -0.1) is 11.3 Å². The van der Waals surface area contributed by atoms with Gasteiger partial charge in [0.15, 0.2) is 4.80 Å². The third-order valence-corrected chi connectivity index (χ3v) is 5.46. The van der Waals surface area contributed by atoms with Crippen LogP contribution in [0.5, 0.6) is 0 Å². The van der Waals surface area contributed by atoms with E-state index < -0.39 is 0 Å². The Morgan fingerprint density at radius 2 is 1.88 bits per heavy atom. The van der Waals surface area contributed by atoms with Crippen LogP contribution in [0.15, 0.2) is 59.6 Å². The highest BCUT2D eigenvalue weighted by Crippen LogP contribution is 2.27. The van der Waals surface area contributed by atoms with Crippen LogP contribution in [0.4, 0.5) is 0 Å². The monoisotopic (exact) mass is 384 g/mol. The lowest BCUT2D eigenvalue weighted by molar-refractivity contribution is 0.0998. The first kappa shape index (κ1) is 18.6. The summed E-state index contributed by atoms with van der Waals surface area (Å²) in [5.74, 6) is -0.265. The molecule has 0 aliphatic heterocycles. The van der Waals surface area contributed by atoms with Crippen LogP contribution in [0.3, 0.4) is 0 Å². The van der Waals surface area contributed by atoms with Crippen molar-refractivity contribution >= 4 is 28.8 Å². The van der Waals surface area contributed by atoms with Crippen LogP contribution >= 0.6 is 22.9 Å². The molecule has 0 saturated heterocycles. The fourth-order valence-electron chi connectivity index (χ4n) is 2.92. The van der Waals surface area contributed by atoms with Crippen LogP contribution in [0.25, 0.3) is 11.3 Å². The molecule has 3 aromatic rings. The van der Waals surface area contributed by atoms with E-state index in [-0.39, 0.29) is 5.91 Å². The lowest BCUT2D eigenvalue weighted by Gasteiger charge is -2.08. The summed E-state index contributed by atoms with van der Waals surface area (Å²) in [6.45, 7) is 5.00. The van der Waals surface area contributed by atoms with Gasteiger partial charge in [0.05, 0.1) is 5.69 Å². The number of rotatable bonds is 5. The number of aromatic nitrogens is 1. The van der Waals surface area contributed by atoms with Crippen molar-refractivity contribution in [2.24, 2.45) is 4.99 Å². The Labute approximate surface area is 162 Å². The molecule has 0 N–H and O–H groups in total. The number of halogens is 1. The predicted octanol–water partition coefficient (Wildman–Crippen LogP) is 5.58. The Morgan fingerprint density at radius 1 is 1.12 bits per heavy atom. The summed E-state index contributed by atoms with van der Waals surface area (Å²) in [4.78, 5) is 19.0. The summed E-state index contributed by atoms with van der Waals surface area (Å²) in [7, 11) is 0. The topological polar surface area (TPSA) is 34.4 Å². The molecule has 2 aromatic carbocycles. The normalized spacial score (nSPS) is 11.7. The third kappa shape index (κ3) is 3.97. The third-order valence-electron chi connectivity index (χ3n) is 4.09. The second-order valence-corrected chi connectivity index (χ2v) is 7.44. The molecule has 0 fully saturated rings. The molecule has 5 heteroatoms. The van der Waals surface area contributed by atoms with Gasteiger partial charge >= 0.3 is 0 Å². The van der Waals surface area contributed by atoms with Gasteiger partial charge in [-0.25, -0.2) is 0 Å². The number of hydrogen-bond acceptors (Lipinski definition) is 2. The maximum absolute atomic E-state index is 12.6. The summed E-state index contributed by atoms with van der Waals surface area (Å²) in [5, 5.41) is 0.539. The van der Waals surface area contributed by atoms with Crippen LogP contribution in [0.1, 0.15) is 35.5 Å². The van der Waals surface area contributed by atoms with Crippen molar-refractivity contribution in [2.45, 2.75) is 33.2 Å². The second kappa shape index (κ2) is 8.47. The Morgan fingerprint density at radius 3 is 2.54 bits per heavy atom. The molecule has 3 nitrogen and oxygen atoms in total. The highest BCUT2D eigenvalue weighted by atomic mass is 35.5. The molecular weight excluding hydrogens is 364 g/mol. The van der Waals surface area contributed by atoms with E-state index in [0.717, 1.165) is 35.4 Å². The first-order chi connectivity index (χ1) is 12.6. The zero-order valence-corrected chi connectivity index (χ0v) is 16.5. The van der Waals surface area contributed by atoms with Gasteiger partial charge in [0, 0.05) is 22.0 Å². The average molecular weight is 385 g/mol. The summed E-state index contributed by atoms with van der Waals surface area (Å²) < 4.78 is 2.13. The van der Waals surface area contributed by atoms with Crippen molar-refractivity contribution in [1.29, 1.82) is 0 Å². The van der Waals surface area contributed by atoms with Crippen LogP contribution in [-0.4, -0.2) is 10.5 Å². The van der Waals surface area contributed by atoms with E-state index in [1.807, 2.05) is 18.2 Å². The molecule has 0 aliphatic rings. The van der Waals surface area contributed by atoms with Gasteiger partial charge in [-0.3, -0.25) is 4.79 Å². The lowest BCUT2D eigenvalue weighted by Crippen LogP contribution is -2.17. The maximum atomic E-state index is 12.6. The standard InChI is InChI=1S/C21H21ClN2OS/c1-3-9-18-19(15-10-6-5-7-11-15)24(4-2)21(26-18)23-20(25)16-12-8-13-17(22)14-16/h5-8,10-14H,3-4,9H2,1-2H3. The Bertz CT molecular complexity index is 973. The molecule has 0 spiro atoms. The lowest BCUT2D eigenvalue weighted by atomic mass is 10.1. The average Bonchev–Trinajstić information content (AvgIpc) is 2.99. The van der Waals surface area contributed by atoms with Crippen LogP contribution in [0, 0.1) is 0 Å². The molecule has 1 aromatic heterocycles. The molecule has 0 bridgehead atoms. The van der Waals surface area contributed by atoms with Crippen LogP contribution in [0.2, 0.25) is 5.02 Å². The summed E-state index contributed by atoms with van der Waals surface area (Å²) in [6.07, 6.45) is 2.02. The van der Waals surface area contributed by atoms with Gasteiger partial charge in [0.2, 0.25) is 0 Å². The van der Waals surface area contributed by atoms with E-state index in [2.05, 4.69) is 35.5 Å².